The Labute approximate surface area is 140 Å². The van der Waals surface area contributed by atoms with Gasteiger partial charge in [-0.05, 0) is 24.4 Å². The molecule has 24 heavy (non-hydrogen) atoms. The van der Waals surface area contributed by atoms with Crippen LogP contribution in [0.3, 0.4) is 0 Å². The molecule has 0 spiro atoms. The average molecular weight is 339 g/mol. The monoisotopic (exact) mass is 339 g/mol. The van der Waals surface area contributed by atoms with E-state index in [2.05, 4.69) is 10.1 Å². The molecular formula is C17H13N3O3S. The highest BCUT2D eigenvalue weighted by Gasteiger charge is 2.19. The van der Waals surface area contributed by atoms with E-state index in [-0.39, 0.29) is 18.2 Å². The maximum atomic E-state index is 12.7. The Balaban J connectivity index is 1.69. The summed E-state index contributed by atoms with van der Waals surface area (Å²) in [6, 6.07) is 11.2. The number of carbonyl (C=O) groups excluding carboxylic acids is 1. The second-order valence-corrected chi connectivity index (χ2v) is 6.35. The summed E-state index contributed by atoms with van der Waals surface area (Å²) in [5.41, 5.74) is 2.25. The van der Waals surface area contributed by atoms with E-state index in [0.717, 1.165) is 26.2 Å². The van der Waals surface area contributed by atoms with Crippen molar-refractivity contribution < 1.29 is 9.21 Å². The van der Waals surface area contributed by atoms with Gasteiger partial charge in [0.15, 0.2) is 5.78 Å². The highest BCUT2D eigenvalue weighted by atomic mass is 32.1. The number of carbonyl (C=O) groups is 1. The molecule has 0 amide bonds. The van der Waals surface area contributed by atoms with E-state index in [0.29, 0.717) is 5.56 Å². The molecule has 0 aliphatic carbocycles. The Morgan fingerprint density at radius 3 is 2.92 bits per heavy atom. The summed E-state index contributed by atoms with van der Waals surface area (Å²) >= 11 is 1.42. The number of ketones is 1. The van der Waals surface area contributed by atoms with Crippen LogP contribution in [-0.2, 0) is 6.54 Å². The summed E-state index contributed by atoms with van der Waals surface area (Å²) in [6.45, 7) is 1.69. The Hall–Kier alpha value is -2.93. The van der Waals surface area contributed by atoms with Crippen LogP contribution in [0.4, 0.5) is 0 Å². The van der Waals surface area contributed by atoms with Crippen molar-refractivity contribution in [1.82, 2.24) is 14.8 Å². The van der Waals surface area contributed by atoms with Gasteiger partial charge in [-0.15, -0.1) is 16.4 Å². The first-order valence-electron chi connectivity index (χ1n) is 7.36. The van der Waals surface area contributed by atoms with Crippen molar-refractivity contribution in [2.45, 2.75) is 13.5 Å². The van der Waals surface area contributed by atoms with Crippen molar-refractivity contribution >= 4 is 28.0 Å². The fraction of sp³-hybridized carbons (Fsp3) is 0.118. The van der Waals surface area contributed by atoms with Gasteiger partial charge in [0.2, 0.25) is 0 Å². The van der Waals surface area contributed by atoms with E-state index in [4.69, 9.17) is 4.42 Å². The van der Waals surface area contributed by atoms with Crippen molar-refractivity contribution in [3.05, 3.63) is 63.6 Å². The third-order valence-electron chi connectivity index (χ3n) is 3.80. The summed E-state index contributed by atoms with van der Waals surface area (Å²) in [5.74, 6) is -0.583. The van der Waals surface area contributed by atoms with Gasteiger partial charge in [0.1, 0.15) is 6.54 Å². The third-order valence-corrected chi connectivity index (χ3v) is 4.66. The molecule has 1 aromatic carbocycles. The summed E-state index contributed by atoms with van der Waals surface area (Å²) in [6.07, 6.45) is 0. The van der Waals surface area contributed by atoms with Crippen molar-refractivity contribution in [3.8, 4) is 10.8 Å². The molecule has 0 unspecified atom stereocenters. The van der Waals surface area contributed by atoms with Gasteiger partial charge >= 0.3 is 5.76 Å². The third kappa shape index (κ3) is 2.39. The van der Waals surface area contributed by atoms with E-state index < -0.39 is 5.76 Å². The van der Waals surface area contributed by atoms with Crippen LogP contribution in [0.5, 0.6) is 0 Å². The molecule has 6 nitrogen and oxygen atoms in total. The number of nitrogens with one attached hydrogen (secondary N) is 1. The first-order chi connectivity index (χ1) is 11.6. The number of hydrogen-bond donors (Lipinski definition) is 1. The molecule has 0 fully saturated rings. The van der Waals surface area contributed by atoms with E-state index in [1.54, 1.807) is 0 Å². The number of rotatable bonds is 4. The standard InChI is InChI=1S/C17H13N3O3S/c1-10-15(11-5-2-3-6-12(11)18-10)13(21)9-20-17(22)23-16(19-20)14-7-4-8-24-14/h2-8,18H,9H2,1H3. The Kier molecular flexibility index (Phi) is 3.42. The Bertz CT molecular complexity index is 1090. The number of fused-ring (bicyclic) bond motifs is 1. The minimum atomic E-state index is -0.635. The van der Waals surface area contributed by atoms with Crippen molar-refractivity contribution in [2.75, 3.05) is 0 Å². The first-order valence-corrected chi connectivity index (χ1v) is 8.24. The fourth-order valence-corrected chi connectivity index (χ4v) is 3.40. The maximum absolute atomic E-state index is 12.7. The van der Waals surface area contributed by atoms with Crippen molar-refractivity contribution in [2.24, 2.45) is 0 Å². The van der Waals surface area contributed by atoms with Crippen molar-refractivity contribution in [1.29, 1.82) is 0 Å². The Morgan fingerprint density at radius 1 is 1.29 bits per heavy atom. The largest absolute Gasteiger partial charge is 0.437 e. The van der Waals surface area contributed by atoms with E-state index in [9.17, 15) is 9.59 Å². The van der Waals surface area contributed by atoms with Crippen LogP contribution >= 0.6 is 11.3 Å². The highest BCUT2D eigenvalue weighted by molar-refractivity contribution is 7.13. The van der Waals surface area contributed by atoms with Gasteiger partial charge in [0, 0.05) is 22.2 Å². The minimum Gasteiger partial charge on any atom is -0.387 e. The number of benzene rings is 1. The number of aromatic nitrogens is 3. The van der Waals surface area contributed by atoms with Gasteiger partial charge in [0.05, 0.1) is 4.88 Å². The molecule has 0 aliphatic rings. The number of para-hydroxylation sites is 1. The second kappa shape index (κ2) is 5.61. The van der Waals surface area contributed by atoms with Crippen LogP contribution in [0.2, 0.25) is 0 Å². The topological polar surface area (TPSA) is 80.9 Å². The fourth-order valence-electron chi connectivity index (χ4n) is 2.76. The molecule has 0 radical (unpaired) electrons. The van der Waals surface area contributed by atoms with E-state index in [1.165, 1.54) is 11.3 Å². The molecule has 4 rings (SSSR count). The molecule has 4 aromatic rings. The summed E-state index contributed by atoms with van der Waals surface area (Å²) in [7, 11) is 0. The predicted octanol–water partition coefficient (Wildman–Crippen LogP) is 3.24. The number of H-pyrrole nitrogens is 1. The number of Topliss-reactive ketones (excluding diaryl/α,β-unsaturated/α-hetero) is 1. The second-order valence-electron chi connectivity index (χ2n) is 5.40. The molecule has 3 heterocycles. The Morgan fingerprint density at radius 2 is 2.12 bits per heavy atom. The van der Waals surface area contributed by atoms with Crippen LogP contribution in [0.15, 0.2) is 51.0 Å². The lowest BCUT2D eigenvalue weighted by atomic mass is 10.1. The molecule has 0 saturated carbocycles. The lowest BCUT2D eigenvalue weighted by molar-refractivity contribution is 0.0966. The molecule has 7 heteroatoms. The maximum Gasteiger partial charge on any atom is 0.437 e. The summed E-state index contributed by atoms with van der Waals surface area (Å²) < 4.78 is 6.21. The minimum absolute atomic E-state index is 0.156. The quantitative estimate of drug-likeness (QED) is 0.579. The van der Waals surface area contributed by atoms with Gasteiger partial charge in [0.25, 0.3) is 5.89 Å². The number of nitrogens with zero attached hydrogens (tertiary/aromatic N) is 2. The molecule has 1 N–H and O–H groups in total. The number of thiophene rings is 1. The van der Waals surface area contributed by atoms with Gasteiger partial charge in [-0.25, -0.2) is 4.79 Å². The zero-order chi connectivity index (χ0) is 16.7. The average Bonchev–Trinajstić information content (AvgIpc) is 3.26. The SMILES string of the molecule is Cc1[nH]c2ccccc2c1C(=O)Cn1nc(-c2cccs2)oc1=O. The summed E-state index contributed by atoms with van der Waals surface area (Å²) in [4.78, 5) is 28.6. The molecule has 0 bridgehead atoms. The van der Waals surface area contributed by atoms with E-state index >= 15 is 0 Å². The molecule has 0 saturated heterocycles. The molecule has 120 valence electrons. The van der Waals surface area contributed by atoms with Gasteiger partial charge in [-0.3, -0.25) is 4.79 Å². The van der Waals surface area contributed by atoms with E-state index in [1.807, 2.05) is 48.7 Å². The number of hydrogen-bond acceptors (Lipinski definition) is 5. The highest BCUT2D eigenvalue weighted by Crippen LogP contribution is 2.23. The molecule has 0 aliphatic heterocycles. The predicted molar refractivity (Wildman–Crippen MR) is 91.4 cm³/mol. The van der Waals surface area contributed by atoms with Crippen LogP contribution in [0, 0.1) is 6.92 Å². The number of aryl methyl sites for hydroxylation is 1. The van der Waals surface area contributed by atoms with Crippen LogP contribution in [-0.4, -0.2) is 20.5 Å². The van der Waals surface area contributed by atoms with Gasteiger partial charge in [-0.2, -0.15) is 4.68 Å². The van der Waals surface area contributed by atoms with Crippen LogP contribution in [0.1, 0.15) is 16.1 Å². The molecule has 3 aromatic heterocycles. The van der Waals surface area contributed by atoms with Gasteiger partial charge in [-0.1, -0.05) is 24.3 Å². The lowest BCUT2D eigenvalue weighted by Crippen LogP contribution is -2.21. The van der Waals surface area contributed by atoms with Crippen molar-refractivity contribution in [3.63, 3.8) is 0 Å². The smallest absolute Gasteiger partial charge is 0.387 e. The normalized spacial score (nSPS) is 11.2. The van der Waals surface area contributed by atoms with Crippen LogP contribution < -0.4 is 5.76 Å². The van der Waals surface area contributed by atoms with Crippen LogP contribution in [0.25, 0.3) is 21.7 Å². The zero-order valence-corrected chi connectivity index (χ0v) is 13.6. The molecule has 0 atom stereocenters. The zero-order valence-electron chi connectivity index (χ0n) is 12.8. The first kappa shape index (κ1) is 14.6. The summed E-state index contributed by atoms with van der Waals surface area (Å²) in [5, 5.41) is 6.84. The lowest BCUT2D eigenvalue weighted by Gasteiger charge is -2.00. The molecular weight excluding hydrogens is 326 g/mol. The van der Waals surface area contributed by atoms with Gasteiger partial charge < -0.3 is 9.40 Å². The number of aromatic amines is 1.